The first-order valence-electron chi connectivity index (χ1n) is 9.48. The number of aliphatic hydroxyl groups is 1. The van der Waals surface area contributed by atoms with Crippen molar-refractivity contribution >= 4 is 21.4 Å². The summed E-state index contributed by atoms with van der Waals surface area (Å²) in [6.45, 7) is 0.971. The summed E-state index contributed by atoms with van der Waals surface area (Å²) >= 11 is 5.96. The van der Waals surface area contributed by atoms with Crippen LogP contribution < -0.4 is 9.47 Å². The third-order valence-electron chi connectivity index (χ3n) is 4.97. The van der Waals surface area contributed by atoms with Crippen LogP contribution in [-0.4, -0.2) is 62.3 Å². The molecule has 2 atom stereocenters. The normalized spacial score (nSPS) is 19.2. The minimum atomic E-state index is -3.02. The second-order valence-corrected chi connectivity index (χ2v) is 9.92. The Balaban J connectivity index is 1.62. The smallest absolute Gasteiger partial charge is 0.151 e. The van der Waals surface area contributed by atoms with E-state index in [1.165, 1.54) is 0 Å². The molecule has 3 rings (SSSR count). The van der Waals surface area contributed by atoms with E-state index in [2.05, 4.69) is 0 Å². The first kappa shape index (κ1) is 21.9. The van der Waals surface area contributed by atoms with Gasteiger partial charge in [-0.15, -0.1) is 0 Å². The summed E-state index contributed by atoms with van der Waals surface area (Å²) < 4.78 is 34.7. The zero-order valence-corrected chi connectivity index (χ0v) is 17.9. The van der Waals surface area contributed by atoms with Crippen LogP contribution in [-0.2, 0) is 16.4 Å². The number of methoxy groups -OCH3 is 1. The molecule has 0 aromatic heterocycles. The molecule has 2 aromatic rings. The van der Waals surface area contributed by atoms with E-state index in [-0.39, 0.29) is 24.2 Å². The summed E-state index contributed by atoms with van der Waals surface area (Å²) in [4.78, 5) is 2.02. The van der Waals surface area contributed by atoms with Gasteiger partial charge in [0, 0.05) is 24.2 Å². The van der Waals surface area contributed by atoms with Gasteiger partial charge in [0.05, 0.1) is 18.6 Å². The van der Waals surface area contributed by atoms with Gasteiger partial charge >= 0.3 is 0 Å². The fraction of sp³-hybridized carbons (Fsp3) is 0.429. The van der Waals surface area contributed by atoms with Gasteiger partial charge in [0.1, 0.15) is 24.2 Å². The number of hydrogen-bond donors (Lipinski definition) is 1. The van der Waals surface area contributed by atoms with Crippen LogP contribution in [0.5, 0.6) is 11.5 Å². The molecule has 6 nitrogen and oxygen atoms in total. The molecule has 2 aromatic carbocycles. The molecule has 0 amide bonds. The van der Waals surface area contributed by atoms with Gasteiger partial charge < -0.3 is 14.6 Å². The minimum Gasteiger partial charge on any atom is -0.497 e. The maximum Gasteiger partial charge on any atom is 0.151 e. The number of halogens is 1. The van der Waals surface area contributed by atoms with E-state index < -0.39 is 15.9 Å². The van der Waals surface area contributed by atoms with Crippen molar-refractivity contribution in [1.82, 2.24) is 4.90 Å². The predicted molar refractivity (Wildman–Crippen MR) is 113 cm³/mol. The Bertz CT molecular complexity index is 886. The lowest BCUT2D eigenvalue weighted by molar-refractivity contribution is 0.0524. The maximum atomic E-state index is 11.9. The van der Waals surface area contributed by atoms with E-state index in [1.807, 2.05) is 29.2 Å². The zero-order chi connectivity index (χ0) is 20.9. The quantitative estimate of drug-likeness (QED) is 0.647. The second kappa shape index (κ2) is 9.80. The number of sulfone groups is 1. The van der Waals surface area contributed by atoms with Crippen LogP contribution in [0.2, 0.25) is 5.02 Å². The van der Waals surface area contributed by atoms with Crippen molar-refractivity contribution in [1.29, 1.82) is 0 Å². The summed E-state index contributed by atoms with van der Waals surface area (Å²) in [7, 11) is -1.43. The molecule has 29 heavy (non-hydrogen) atoms. The molecule has 158 valence electrons. The molecule has 1 saturated heterocycles. The fourth-order valence-corrected chi connectivity index (χ4v) is 5.31. The van der Waals surface area contributed by atoms with Crippen LogP contribution >= 0.6 is 11.6 Å². The molecule has 0 saturated carbocycles. The predicted octanol–water partition coefficient (Wildman–Crippen LogP) is 2.78. The minimum absolute atomic E-state index is 0.114. The Morgan fingerprint density at radius 1 is 1.14 bits per heavy atom. The van der Waals surface area contributed by atoms with Crippen molar-refractivity contribution in [2.45, 2.75) is 25.1 Å². The molecule has 1 aliphatic rings. The zero-order valence-electron chi connectivity index (χ0n) is 16.3. The van der Waals surface area contributed by atoms with E-state index in [0.717, 1.165) is 11.3 Å². The highest BCUT2D eigenvalue weighted by atomic mass is 35.5. The molecule has 1 aliphatic heterocycles. The third kappa shape index (κ3) is 6.60. The Hall–Kier alpha value is -1.80. The molecule has 0 spiro atoms. The molecular weight excluding hydrogens is 414 g/mol. The lowest BCUT2D eigenvalue weighted by Crippen LogP contribution is -2.42. The Labute approximate surface area is 176 Å². The SMILES string of the molecule is COc1ccc(OCC(O)CN(Cc2ccc(Cl)cc2)C2CCS(=O)(=O)C2)cc1. The Morgan fingerprint density at radius 3 is 2.38 bits per heavy atom. The van der Waals surface area contributed by atoms with E-state index in [0.29, 0.717) is 30.3 Å². The van der Waals surface area contributed by atoms with Crippen LogP contribution in [0, 0.1) is 0 Å². The maximum absolute atomic E-state index is 11.9. The number of nitrogens with zero attached hydrogens (tertiary/aromatic N) is 1. The van der Waals surface area contributed by atoms with Gasteiger partial charge in [0.25, 0.3) is 0 Å². The van der Waals surface area contributed by atoms with Crippen molar-refractivity contribution in [3.05, 3.63) is 59.1 Å². The Kier molecular flexibility index (Phi) is 7.40. The van der Waals surface area contributed by atoms with Gasteiger partial charge in [-0.1, -0.05) is 23.7 Å². The average molecular weight is 440 g/mol. The molecule has 1 fully saturated rings. The lowest BCUT2D eigenvalue weighted by Gasteiger charge is -2.30. The van der Waals surface area contributed by atoms with Gasteiger partial charge in [-0.3, -0.25) is 4.90 Å². The summed E-state index contributed by atoms with van der Waals surface area (Å²) in [5, 5.41) is 11.2. The number of aliphatic hydroxyl groups excluding tert-OH is 1. The van der Waals surface area contributed by atoms with Crippen LogP contribution in [0.1, 0.15) is 12.0 Å². The van der Waals surface area contributed by atoms with Crippen molar-refractivity contribution in [3.8, 4) is 11.5 Å². The van der Waals surface area contributed by atoms with Crippen molar-refractivity contribution < 1.29 is 23.0 Å². The van der Waals surface area contributed by atoms with E-state index >= 15 is 0 Å². The van der Waals surface area contributed by atoms with Gasteiger partial charge in [-0.05, 0) is 48.4 Å². The summed E-state index contributed by atoms with van der Waals surface area (Å²) in [6, 6.07) is 14.5. The van der Waals surface area contributed by atoms with Gasteiger partial charge in [0.15, 0.2) is 9.84 Å². The number of hydrogen-bond acceptors (Lipinski definition) is 6. The highest BCUT2D eigenvalue weighted by molar-refractivity contribution is 7.91. The molecule has 0 bridgehead atoms. The molecule has 0 aliphatic carbocycles. The first-order valence-corrected chi connectivity index (χ1v) is 11.7. The van der Waals surface area contributed by atoms with E-state index in [1.54, 1.807) is 31.4 Å². The molecule has 8 heteroatoms. The molecule has 0 radical (unpaired) electrons. The summed E-state index contributed by atoms with van der Waals surface area (Å²) in [5.74, 6) is 1.67. The summed E-state index contributed by atoms with van der Waals surface area (Å²) in [5.41, 5.74) is 1.02. The average Bonchev–Trinajstić information content (AvgIpc) is 3.07. The van der Waals surface area contributed by atoms with Crippen LogP contribution in [0.25, 0.3) is 0 Å². The number of rotatable bonds is 9. The molecule has 2 unspecified atom stereocenters. The number of ether oxygens (including phenoxy) is 2. The largest absolute Gasteiger partial charge is 0.497 e. The van der Waals surface area contributed by atoms with E-state index in [4.69, 9.17) is 21.1 Å². The van der Waals surface area contributed by atoms with Gasteiger partial charge in [-0.2, -0.15) is 0 Å². The van der Waals surface area contributed by atoms with Gasteiger partial charge in [-0.25, -0.2) is 8.42 Å². The standard InChI is InChI=1S/C21H26ClNO5S/c1-27-20-6-8-21(9-7-20)28-14-19(24)13-23(18-10-11-29(25,26)15-18)12-16-2-4-17(22)5-3-16/h2-9,18-19,24H,10-15H2,1H3. The second-order valence-electron chi connectivity index (χ2n) is 7.25. The van der Waals surface area contributed by atoms with E-state index in [9.17, 15) is 13.5 Å². The topological polar surface area (TPSA) is 76.1 Å². The monoisotopic (exact) mass is 439 g/mol. The summed E-state index contributed by atoms with van der Waals surface area (Å²) in [6.07, 6.45) is -0.185. The third-order valence-corrected chi connectivity index (χ3v) is 6.97. The van der Waals surface area contributed by atoms with Crippen molar-refractivity contribution in [2.75, 3.05) is 31.8 Å². The highest BCUT2D eigenvalue weighted by Crippen LogP contribution is 2.22. The van der Waals surface area contributed by atoms with Crippen molar-refractivity contribution in [3.63, 3.8) is 0 Å². The van der Waals surface area contributed by atoms with Crippen LogP contribution in [0.4, 0.5) is 0 Å². The fourth-order valence-electron chi connectivity index (χ4n) is 3.42. The first-order chi connectivity index (χ1) is 13.8. The lowest BCUT2D eigenvalue weighted by atomic mass is 10.1. The highest BCUT2D eigenvalue weighted by Gasteiger charge is 2.33. The van der Waals surface area contributed by atoms with Crippen molar-refractivity contribution in [2.24, 2.45) is 0 Å². The van der Waals surface area contributed by atoms with Gasteiger partial charge in [0.2, 0.25) is 0 Å². The molecule has 1 heterocycles. The molecule has 1 N–H and O–H groups in total. The Morgan fingerprint density at radius 2 is 1.79 bits per heavy atom. The number of benzene rings is 2. The molecular formula is C21H26ClNO5S. The van der Waals surface area contributed by atoms with Crippen LogP contribution in [0.3, 0.4) is 0 Å². The van der Waals surface area contributed by atoms with Crippen LogP contribution in [0.15, 0.2) is 48.5 Å².